The van der Waals surface area contributed by atoms with E-state index in [0.717, 1.165) is 12.0 Å². The minimum Gasteiger partial charge on any atom is -0.392 e. The van der Waals surface area contributed by atoms with Crippen molar-refractivity contribution in [3.05, 3.63) is 23.8 Å². The largest absolute Gasteiger partial charge is 0.392 e. The van der Waals surface area contributed by atoms with E-state index in [-0.39, 0.29) is 6.61 Å². The molecule has 0 rings (SSSR count). The Morgan fingerprint density at radius 1 is 1.44 bits per heavy atom. The number of rotatable bonds is 3. The van der Waals surface area contributed by atoms with Gasteiger partial charge in [0.15, 0.2) is 0 Å². The van der Waals surface area contributed by atoms with E-state index < -0.39 is 0 Å². The van der Waals surface area contributed by atoms with Crippen LogP contribution >= 0.6 is 0 Å². The van der Waals surface area contributed by atoms with Gasteiger partial charge in [-0.25, -0.2) is 0 Å². The van der Waals surface area contributed by atoms with Gasteiger partial charge in [0.2, 0.25) is 0 Å². The molecule has 1 N–H and O–H groups in total. The van der Waals surface area contributed by atoms with Gasteiger partial charge in [0, 0.05) is 0 Å². The molecule has 0 unspecified atom stereocenters. The van der Waals surface area contributed by atoms with Crippen molar-refractivity contribution in [2.24, 2.45) is 0 Å². The van der Waals surface area contributed by atoms with Gasteiger partial charge in [-0.1, -0.05) is 11.6 Å². The van der Waals surface area contributed by atoms with E-state index in [1.807, 2.05) is 19.9 Å². The Bertz CT molecular complexity index is 123. The highest BCUT2D eigenvalue weighted by Gasteiger charge is 1.90. The Hall–Kier alpha value is -0.560. The van der Waals surface area contributed by atoms with Gasteiger partial charge in [-0.2, -0.15) is 0 Å². The second kappa shape index (κ2) is 4.33. The van der Waals surface area contributed by atoms with Gasteiger partial charge in [0.25, 0.3) is 0 Å². The van der Waals surface area contributed by atoms with Crippen LogP contribution in [-0.2, 0) is 0 Å². The molecule has 1 nitrogen and oxygen atoms in total. The van der Waals surface area contributed by atoms with Gasteiger partial charge in [0.05, 0.1) is 6.61 Å². The highest BCUT2D eigenvalue weighted by Crippen LogP contribution is 2.06. The SMILES string of the molecule is C=CC/C(C)=C(\C)CO. The first-order valence-corrected chi connectivity index (χ1v) is 3.09. The van der Waals surface area contributed by atoms with Crippen LogP contribution in [0.3, 0.4) is 0 Å². The predicted octanol–water partition coefficient (Wildman–Crippen LogP) is 1.89. The van der Waals surface area contributed by atoms with Gasteiger partial charge in [-0.05, 0) is 25.8 Å². The summed E-state index contributed by atoms with van der Waals surface area (Å²) in [6.45, 7) is 7.70. The lowest BCUT2D eigenvalue weighted by molar-refractivity contribution is 0.330. The van der Waals surface area contributed by atoms with Crippen molar-refractivity contribution >= 4 is 0 Å². The van der Waals surface area contributed by atoms with E-state index in [0.29, 0.717) is 0 Å². The smallest absolute Gasteiger partial charge is 0.0641 e. The number of aliphatic hydroxyl groups excluding tert-OH is 1. The third kappa shape index (κ3) is 3.09. The lowest BCUT2D eigenvalue weighted by atomic mass is 10.1. The molecular weight excluding hydrogens is 112 g/mol. The lowest BCUT2D eigenvalue weighted by Crippen LogP contribution is -1.88. The van der Waals surface area contributed by atoms with Crippen LogP contribution in [0.25, 0.3) is 0 Å². The molecule has 1 heteroatoms. The molecule has 0 aromatic rings. The van der Waals surface area contributed by atoms with Gasteiger partial charge in [-0.15, -0.1) is 6.58 Å². The van der Waals surface area contributed by atoms with Gasteiger partial charge < -0.3 is 5.11 Å². The van der Waals surface area contributed by atoms with Gasteiger partial charge in [-0.3, -0.25) is 0 Å². The Morgan fingerprint density at radius 2 is 2.00 bits per heavy atom. The topological polar surface area (TPSA) is 20.2 Å². The van der Waals surface area contributed by atoms with Crippen LogP contribution in [-0.4, -0.2) is 11.7 Å². The van der Waals surface area contributed by atoms with Crippen LogP contribution in [0.4, 0.5) is 0 Å². The second-order valence-corrected chi connectivity index (χ2v) is 2.21. The van der Waals surface area contributed by atoms with E-state index in [9.17, 15) is 0 Å². The minimum absolute atomic E-state index is 0.166. The molecule has 0 aliphatic rings. The van der Waals surface area contributed by atoms with Crippen molar-refractivity contribution in [3.63, 3.8) is 0 Å². The van der Waals surface area contributed by atoms with Crippen molar-refractivity contribution in [1.29, 1.82) is 0 Å². The van der Waals surface area contributed by atoms with E-state index in [4.69, 9.17) is 5.11 Å². The lowest BCUT2D eigenvalue weighted by Gasteiger charge is -1.99. The van der Waals surface area contributed by atoms with E-state index in [2.05, 4.69) is 6.58 Å². The van der Waals surface area contributed by atoms with E-state index in [1.165, 1.54) is 5.57 Å². The standard InChI is InChI=1S/C8H14O/c1-4-5-7(2)8(3)6-9/h4,9H,1,5-6H2,2-3H3/b8-7+. The van der Waals surface area contributed by atoms with Crippen molar-refractivity contribution in [2.75, 3.05) is 6.61 Å². The van der Waals surface area contributed by atoms with Crippen LogP contribution in [0.2, 0.25) is 0 Å². The molecule has 0 aromatic heterocycles. The number of hydrogen-bond acceptors (Lipinski definition) is 1. The third-order valence-electron chi connectivity index (χ3n) is 1.42. The summed E-state index contributed by atoms with van der Waals surface area (Å²) >= 11 is 0. The van der Waals surface area contributed by atoms with Crippen molar-refractivity contribution < 1.29 is 5.11 Å². The summed E-state index contributed by atoms with van der Waals surface area (Å²) in [7, 11) is 0. The molecule has 0 bridgehead atoms. The maximum atomic E-state index is 8.64. The summed E-state index contributed by atoms with van der Waals surface area (Å²) in [5.74, 6) is 0. The Balaban J connectivity index is 3.92. The molecule has 0 fully saturated rings. The zero-order valence-electron chi connectivity index (χ0n) is 6.15. The molecule has 0 saturated carbocycles. The maximum absolute atomic E-state index is 8.64. The van der Waals surface area contributed by atoms with E-state index >= 15 is 0 Å². The average Bonchev–Trinajstić information content (AvgIpc) is 1.87. The second-order valence-electron chi connectivity index (χ2n) is 2.21. The molecule has 0 spiro atoms. The van der Waals surface area contributed by atoms with Crippen molar-refractivity contribution in [1.82, 2.24) is 0 Å². The molecule has 0 aliphatic heterocycles. The highest BCUT2D eigenvalue weighted by molar-refractivity contribution is 5.12. The molecule has 0 radical (unpaired) electrons. The van der Waals surface area contributed by atoms with Crippen molar-refractivity contribution in [2.45, 2.75) is 20.3 Å². The molecular formula is C8H14O. The fourth-order valence-corrected chi connectivity index (χ4v) is 0.526. The molecule has 0 aromatic carbocycles. The zero-order valence-corrected chi connectivity index (χ0v) is 6.15. The molecule has 9 heavy (non-hydrogen) atoms. The highest BCUT2D eigenvalue weighted by atomic mass is 16.3. The normalized spacial score (nSPS) is 12.8. The maximum Gasteiger partial charge on any atom is 0.0641 e. The number of allylic oxidation sites excluding steroid dienone is 2. The van der Waals surface area contributed by atoms with Crippen LogP contribution in [0, 0.1) is 0 Å². The van der Waals surface area contributed by atoms with Crippen molar-refractivity contribution in [3.8, 4) is 0 Å². The van der Waals surface area contributed by atoms with Gasteiger partial charge >= 0.3 is 0 Å². The predicted molar refractivity (Wildman–Crippen MR) is 40.3 cm³/mol. The molecule has 52 valence electrons. The first-order chi connectivity index (χ1) is 4.22. The summed E-state index contributed by atoms with van der Waals surface area (Å²) in [5, 5.41) is 8.64. The minimum atomic E-state index is 0.166. The Kier molecular flexibility index (Phi) is 4.06. The monoisotopic (exact) mass is 126 g/mol. The van der Waals surface area contributed by atoms with E-state index in [1.54, 1.807) is 0 Å². The molecule has 0 saturated heterocycles. The fraction of sp³-hybridized carbons (Fsp3) is 0.500. The molecule has 0 aliphatic carbocycles. The summed E-state index contributed by atoms with van der Waals surface area (Å²) in [4.78, 5) is 0. The molecule has 0 heterocycles. The summed E-state index contributed by atoms with van der Waals surface area (Å²) in [6.07, 6.45) is 2.72. The summed E-state index contributed by atoms with van der Waals surface area (Å²) < 4.78 is 0. The summed E-state index contributed by atoms with van der Waals surface area (Å²) in [5.41, 5.74) is 2.27. The average molecular weight is 126 g/mol. The van der Waals surface area contributed by atoms with Crippen LogP contribution in [0.15, 0.2) is 23.8 Å². The fourth-order valence-electron chi connectivity index (χ4n) is 0.526. The first-order valence-electron chi connectivity index (χ1n) is 3.09. The Morgan fingerprint density at radius 3 is 2.33 bits per heavy atom. The molecule has 0 amide bonds. The molecule has 0 atom stereocenters. The number of hydrogen-bond donors (Lipinski definition) is 1. The van der Waals surface area contributed by atoms with Crippen LogP contribution in [0.1, 0.15) is 20.3 Å². The Labute approximate surface area is 56.7 Å². The summed E-state index contributed by atoms with van der Waals surface area (Å²) in [6, 6.07) is 0. The van der Waals surface area contributed by atoms with Crippen LogP contribution < -0.4 is 0 Å². The zero-order chi connectivity index (χ0) is 7.28. The third-order valence-corrected chi connectivity index (χ3v) is 1.42. The van der Waals surface area contributed by atoms with Crippen LogP contribution in [0.5, 0.6) is 0 Å². The first kappa shape index (κ1) is 8.44. The number of aliphatic hydroxyl groups is 1. The quantitative estimate of drug-likeness (QED) is 0.572. The van der Waals surface area contributed by atoms with Gasteiger partial charge in [0.1, 0.15) is 0 Å².